The molecule has 0 N–H and O–H groups in total. The molecule has 0 spiro atoms. The van der Waals surface area contributed by atoms with E-state index in [0.29, 0.717) is 36.8 Å². The van der Waals surface area contributed by atoms with Crippen LogP contribution in [0.15, 0.2) is 36.4 Å². The van der Waals surface area contributed by atoms with E-state index in [1.807, 2.05) is 13.8 Å². The van der Waals surface area contributed by atoms with Gasteiger partial charge in [0, 0.05) is 35.4 Å². The average molecular weight is 388 g/mol. The Morgan fingerprint density at radius 3 is 1.54 bits per heavy atom. The Bertz CT molecular complexity index is 824. The van der Waals surface area contributed by atoms with Crippen LogP contribution in [0, 0.1) is 20.2 Å². The molecule has 9 heteroatoms. The van der Waals surface area contributed by atoms with Crippen LogP contribution in [-0.2, 0) is 12.8 Å². The second kappa shape index (κ2) is 9.45. The van der Waals surface area contributed by atoms with Crippen LogP contribution < -0.4 is 9.47 Å². The lowest BCUT2D eigenvalue weighted by molar-refractivity contribution is -0.385. The lowest BCUT2D eigenvalue weighted by Gasteiger charge is -2.12. The number of hydrogen-bond donors (Lipinski definition) is 0. The zero-order valence-electron chi connectivity index (χ0n) is 15.5. The molecular formula is C19H20N2O7. The van der Waals surface area contributed by atoms with Gasteiger partial charge in [-0.05, 0) is 25.0 Å². The van der Waals surface area contributed by atoms with Crippen molar-refractivity contribution in [2.24, 2.45) is 0 Å². The van der Waals surface area contributed by atoms with Crippen molar-refractivity contribution in [2.75, 3.05) is 0 Å². The molecule has 0 fully saturated rings. The summed E-state index contributed by atoms with van der Waals surface area (Å²) in [6.45, 7) is 3.80. The number of non-ortho nitro benzene ring substituents is 2. The fourth-order valence-electron chi connectivity index (χ4n) is 2.69. The van der Waals surface area contributed by atoms with E-state index in [1.165, 1.54) is 36.4 Å². The van der Waals surface area contributed by atoms with Crippen molar-refractivity contribution in [1.82, 2.24) is 0 Å². The molecule has 0 aliphatic heterocycles. The van der Waals surface area contributed by atoms with Gasteiger partial charge in [0.2, 0.25) is 0 Å². The van der Waals surface area contributed by atoms with Gasteiger partial charge in [-0.3, -0.25) is 20.2 Å². The molecule has 0 aromatic heterocycles. The molecule has 0 aliphatic carbocycles. The van der Waals surface area contributed by atoms with Crippen LogP contribution in [0.25, 0.3) is 0 Å². The molecule has 0 unspecified atom stereocenters. The minimum Gasteiger partial charge on any atom is -0.394 e. The molecule has 0 saturated heterocycles. The van der Waals surface area contributed by atoms with Gasteiger partial charge in [0.15, 0.2) is 0 Å². The van der Waals surface area contributed by atoms with Gasteiger partial charge in [0.25, 0.3) is 11.4 Å². The molecule has 0 heterocycles. The quantitative estimate of drug-likeness (QED) is 0.270. The number of nitrogens with zero attached hydrogens (tertiary/aromatic N) is 2. The van der Waals surface area contributed by atoms with Crippen LogP contribution in [-0.4, -0.2) is 16.0 Å². The normalized spacial score (nSPS) is 10.4. The fraction of sp³-hybridized carbons (Fsp3) is 0.316. The van der Waals surface area contributed by atoms with E-state index in [0.717, 1.165) is 0 Å². The molecule has 0 bridgehead atoms. The topological polar surface area (TPSA) is 122 Å². The predicted octanol–water partition coefficient (Wildman–Crippen LogP) is 4.99. The number of hydrogen-bond acceptors (Lipinski definition) is 7. The van der Waals surface area contributed by atoms with Crippen molar-refractivity contribution in [3.8, 4) is 11.5 Å². The molecular weight excluding hydrogens is 368 g/mol. The van der Waals surface area contributed by atoms with Crippen molar-refractivity contribution in [2.45, 2.75) is 39.5 Å². The summed E-state index contributed by atoms with van der Waals surface area (Å²) in [4.78, 5) is 33.0. The van der Waals surface area contributed by atoms with Crippen LogP contribution in [0.3, 0.4) is 0 Å². The van der Waals surface area contributed by atoms with E-state index >= 15 is 0 Å². The largest absolute Gasteiger partial charge is 0.519 e. The maximum atomic E-state index is 12.2. The molecule has 0 aliphatic rings. The van der Waals surface area contributed by atoms with Gasteiger partial charge in [0.1, 0.15) is 11.5 Å². The van der Waals surface area contributed by atoms with Gasteiger partial charge in [-0.25, -0.2) is 4.79 Å². The van der Waals surface area contributed by atoms with E-state index in [2.05, 4.69) is 0 Å². The number of benzene rings is 2. The summed E-state index contributed by atoms with van der Waals surface area (Å²) >= 11 is 0. The smallest absolute Gasteiger partial charge is 0.394 e. The van der Waals surface area contributed by atoms with Crippen LogP contribution in [0.1, 0.15) is 37.8 Å². The highest BCUT2D eigenvalue weighted by Crippen LogP contribution is 2.28. The highest BCUT2D eigenvalue weighted by Gasteiger charge is 2.18. The number of ether oxygens (including phenoxy) is 2. The van der Waals surface area contributed by atoms with Crippen molar-refractivity contribution in [1.29, 1.82) is 0 Å². The highest BCUT2D eigenvalue weighted by atomic mass is 16.7. The van der Waals surface area contributed by atoms with Gasteiger partial charge in [0.05, 0.1) is 9.85 Å². The van der Waals surface area contributed by atoms with E-state index in [-0.39, 0.29) is 22.9 Å². The molecule has 9 nitrogen and oxygen atoms in total. The second-order valence-electron chi connectivity index (χ2n) is 6.05. The first-order valence-electron chi connectivity index (χ1n) is 8.80. The first kappa shape index (κ1) is 20.8. The average Bonchev–Trinajstić information content (AvgIpc) is 2.64. The van der Waals surface area contributed by atoms with Crippen molar-refractivity contribution in [3.63, 3.8) is 0 Å². The van der Waals surface area contributed by atoms with E-state index in [9.17, 15) is 25.0 Å². The van der Waals surface area contributed by atoms with E-state index in [1.54, 1.807) is 0 Å². The third kappa shape index (κ3) is 5.26. The number of carbonyl (C=O) groups excluding carboxylic acids is 1. The lowest BCUT2D eigenvalue weighted by atomic mass is 10.1. The van der Waals surface area contributed by atoms with Crippen LogP contribution in [0.2, 0.25) is 0 Å². The summed E-state index contributed by atoms with van der Waals surface area (Å²) in [5.74, 6) is 0.354. The maximum Gasteiger partial charge on any atom is 0.519 e. The Morgan fingerprint density at radius 1 is 0.821 bits per heavy atom. The standard InChI is InChI=1S/C19H20N2O7/c1-3-5-13-11-15(20(23)24)7-9-17(13)27-19(22)28-18-10-8-16(21(25)26)12-14(18)6-4-2/h7-12H,3-6H2,1-2H3. The second-order valence-corrected chi connectivity index (χ2v) is 6.05. The summed E-state index contributed by atoms with van der Waals surface area (Å²) in [6, 6.07) is 7.92. The molecule has 2 aromatic rings. The molecule has 28 heavy (non-hydrogen) atoms. The van der Waals surface area contributed by atoms with Gasteiger partial charge in [-0.1, -0.05) is 26.7 Å². The molecule has 148 valence electrons. The zero-order valence-corrected chi connectivity index (χ0v) is 15.5. The van der Waals surface area contributed by atoms with Gasteiger partial charge in [-0.2, -0.15) is 0 Å². The van der Waals surface area contributed by atoms with Crippen molar-refractivity contribution in [3.05, 3.63) is 67.8 Å². The Labute approximate surface area is 161 Å². The van der Waals surface area contributed by atoms with Gasteiger partial charge < -0.3 is 9.47 Å². The monoisotopic (exact) mass is 388 g/mol. The molecule has 0 saturated carbocycles. The Kier molecular flexibility index (Phi) is 7.02. The number of carbonyl (C=O) groups is 1. The predicted molar refractivity (Wildman–Crippen MR) is 101 cm³/mol. The Hall–Kier alpha value is -3.49. The lowest BCUT2D eigenvalue weighted by Crippen LogP contribution is -2.16. The minimum atomic E-state index is -1.02. The minimum absolute atomic E-state index is 0.0928. The molecule has 2 aromatic carbocycles. The van der Waals surface area contributed by atoms with Gasteiger partial charge >= 0.3 is 6.16 Å². The molecule has 0 atom stereocenters. The summed E-state index contributed by atoms with van der Waals surface area (Å²) in [5, 5.41) is 21.9. The van der Waals surface area contributed by atoms with Crippen molar-refractivity contribution < 1.29 is 24.1 Å². The van der Waals surface area contributed by atoms with Crippen LogP contribution in [0.5, 0.6) is 11.5 Å². The van der Waals surface area contributed by atoms with Crippen LogP contribution >= 0.6 is 0 Å². The summed E-state index contributed by atoms with van der Waals surface area (Å²) in [6.07, 6.45) is 1.37. The SMILES string of the molecule is CCCc1cc([N+](=O)[O-])ccc1OC(=O)Oc1ccc([N+](=O)[O-])cc1CCC. The third-order valence-corrected chi connectivity index (χ3v) is 3.94. The highest BCUT2D eigenvalue weighted by molar-refractivity contribution is 5.69. The number of nitro benzene ring substituents is 2. The summed E-state index contributed by atoms with van der Waals surface area (Å²) < 4.78 is 10.5. The van der Waals surface area contributed by atoms with Gasteiger partial charge in [-0.15, -0.1) is 0 Å². The first-order chi connectivity index (χ1) is 13.3. The van der Waals surface area contributed by atoms with E-state index < -0.39 is 16.0 Å². The fourth-order valence-corrected chi connectivity index (χ4v) is 2.69. The van der Waals surface area contributed by atoms with E-state index in [4.69, 9.17) is 9.47 Å². The summed E-state index contributed by atoms with van der Waals surface area (Å²) in [7, 11) is 0. The Morgan fingerprint density at radius 2 is 1.21 bits per heavy atom. The molecule has 0 radical (unpaired) electrons. The number of nitro groups is 2. The maximum absolute atomic E-state index is 12.2. The Balaban J connectivity index is 2.22. The molecule has 2 rings (SSSR count). The van der Waals surface area contributed by atoms with Crippen LogP contribution in [0.4, 0.5) is 16.2 Å². The zero-order chi connectivity index (χ0) is 20.7. The summed E-state index contributed by atoms with van der Waals surface area (Å²) in [5.41, 5.74) is 0.854. The third-order valence-electron chi connectivity index (χ3n) is 3.94. The van der Waals surface area contributed by atoms with Crippen molar-refractivity contribution >= 4 is 17.5 Å². The first-order valence-corrected chi connectivity index (χ1v) is 8.80. The molecule has 0 amide bonds. The number of aryl methyl sites for hydroxylation is 2. The number of rotatable bonds is 8.